The molecule has 1 saturated carbocycles. The van der Waals surface area contributed by atoms with Crippen LogP contribution in [-0.2, 0) is 6.42 Å². The van der Waals surface area contributed by atoms with Crippen LogP contribution >= 0.6 is 15.9 Å². The number of benzene rings is 1. The molecule has 106 valence electrons. The third-order valence-electron chi connectivity index (χ3n) is 4.78. The van der Waals surface area contributed by atoms with Crippen LogP contribution in [0.4, 0.5) is 0 Å². The molecule has 1 aromatic carbocycles. The minimum absolute atomic E-state index is 0.638. The molecule has 2 rings (SSSR count). The molecule has 0 bridgehead atoms. The number of halogens is 1. The van der Waals surface area contributed by atoms with Crippen LogP contribution in [0.15, 0.2) is 28.7 Å². The Morgan fingerprint density at radius 3 is 2.32 bits per heavy atom. The van der Waals surface area contributed by atoms with Crippen molar-refractivity contribution in [2.45, 2.75) is 51.5 Å². The summed E-state index contributed by atoms with van der Waals surface area (Å²) in [7, 11) is 2.12. The van der Waals surface area contributed by atoms with Crippen molar-refractivity contribution >= 4 is 15.9 Å². The molecule has 2 heteroatoms. The van der Waals surface area contributed by atoms with E-state index in [1.165, 1.54) is 42.1 Å². The van der Waals surface area contributed by atoms with Gasteiger partial charge in [0.15, 0.2) is 0 Å². The SMILES string of the molecule is CCC1CCC(C(Cc2ccc(Br)cc2)NC)CC1. The molecule has 1 aliphatic carbocycles. The van der Waals surface area contributed by atoms with E-state index >= 15 is 0 Å². The molecule has 0 aromatic heterocycles. The molecule has 1 aliphatic rings. The zero-order valence-corrected chi connectivity index (χ0v) is 13.7. The fraction of sp³-hybridized carbons (Fsp3) is 0.647. The average molecular weight is 324 g/mol. The number of rotatable bonds is 5. The second kappa shape index (κ2) is 7.44. The summed E-state index contributed by atoms with van der Waals surface area (Å²) < 4.78 is 1.17. The minimum atomic E-state index is 0.638. The van der Waals surface area contributed by atoms with Crippen molar-refractivity contribution in [3.05, 3.63) is 34.3 Å². The van der Waals surface area contributed by atoms with E-state index in [1.807, 2.05) is 0 Å². The van der Waals surface area contributed by atoms with Gasteiger partial charge in [0.1, 0.15) is 0 Å². The molecular formula is C17H26BrN. The topological polar surface area (TPSA) is 12.0 Å². The van der Waals surface area contributed by atoms with Crippen LogP contribution in [0.25, 0.3) is 0 Å². The predicted octanol–water partition coefficient (Wildman–Crippen LogP) is 4.80. The fourth-order valence-corrected chi connectivity index (χ4v) is 3.64. The highest BCUT2D eigenvalue weighted by molar-refractivity contribution is 9.10. The van der Waals surface area contributed by atoms with Gasteiger partial charge in [0.05, 0.1) is 0 Å². The molecule has 19 heavy (non-hydrogen) atoms. The standard InChI is InChI=1S/C17H26BrN/c1-3-13-4-8-15(9-5-13)17(19-2)12-14-6-10-16(18)11-7-14/h6-7,10-11,13,15,17,19H,3-5,8-9,12H2,1-2H3. The van der Waals surface area contributed by atoms with Crippen molar-refractivity contribution in [3.63, 3.8) is 0 Å². The number of hydrogen-bond donors (Lipinski definition) is 1. The normalized spacial score (nSPS) is 25.2. The molecule has 1 atom stereocenters. The first-order chi connectivity index (χ1) is 9.22. The highest BCUT2D eigenvalue weighted by atomic mass is 79.9. The Morgan fingerprint density at radius 1 is 1.16 bits per heavy atom. The Labute approximate surface area is 126 Å². The molecule has 1 unspecified atom stereocenters. The van der Waals surface area contributed by atoms with Gasteiger partial charge in [-0.05, 0) is 55.8 Å². The summed E-state index contributed by atoms with van der Waals surface area (Å²) in [6.07, 6.45) is 8.19. The summed E-state index contributed by atoms with van der Waals surface area (Å²) in [4.78, 5) is 0. The summed E-state index contributed by atoms with van der Waals surface area (Å²) in [6.45, 7) is 2.34. The van der Waals surface area contributed by atoms with Crippen molar-refractivity contribution in [1.29, 1.82) is 0 Å². The van der Waals surface area contributed by atoms with Crippen LogP contribution in [0.2, 0.25) is 0 Å². The lowest BCUT2D eigenvalue weighted by atomic mass is 9.76. The summed E-state index contributed by atoms with van der Waals surface area (Å²) in [5.74, 6) is 1.85. The van der Waals surface area contributed by atoms with E-state index in [9.17, 15) is 0 Å². The van der Waals surface area contributed by atoms with Gasteiger partial charge in [0.25, 0.3) is 0 Å². The van der Waals surface area contributed by atoms with E-state index < -0.39 is 0 Å². The van der Waals surface area contributed by atoms with Crippen molar-refractivity contribution in [2.24, 2.45) is 11.8 Å². The zero-order valence-electron chi connectivity index (χ0n) is 12.2. The molecule has 0 heterocycles. The number of likely N-dealkylation sites (N-methyl/N-ethyl adjacent to an activating group) is 1. The van der Waals surface area contributed by atoms with Crippen molar-refractivity contribution in [1.82, 2.24) is 5.32 Å². The lowest BCUT2D eigenvalue weighted by molar-refractivity contribution is 0.222. The second-order valence-electron chi connectivity index (χ2n) is 5.91. The van der Waals surface area contributed by atoms with Gasteiger partial charge in [0, 0.05) is 10.5 Å². The van der Waals surface area contributed by atoms with E-state index in [0.29, 0.717) is 6.04 Å². The van der Waals surface area contributed by atoms with Gasteiger partial charge < -0.3 is 5.32 Å². The molecule has 1 N–H and O–H groups in total. The first-order valence-corrected chi connectivity index (χ1v) is 8.44. The molecular weight excluding hydrogens is 298 g/mol. The molecule has 0 saturated heterocycles. The van der Waals surface area contributed by atoms with Crippen LogP contribution in [0.1, 0.15) is 44.6 Å². The summed E-state index contributed by atoms with van der Waals surface area (Å²) in [5.41, 5.74) is 1.44. The zero-order chi connectivity index (χ0) is 13.7. The van der Waals surface area contributed by atoms with Gasteiger partial charge in [0.2, 0.25) is 0 Å². The van der Waals surface area contributed by atoms with Gasteiger partial charge in [-0.25, -0.2) is 0 Å². The van der Waals surface area contributed by atoms with E-state index in [2.05, 4.69) is 59.5 Å². The molecule has 1 fully saturated rings. The molecule has 0 spiro atoms. The maximum Gasteiger partial charge on any atom is 0.0175 e. The average Bonchev–Trinajstić information content (AvgIpc) is 2.47. The van der Waals surface area contributed by atoms with E-state index in [-0.39, 0.29) is 0 Å². The van der Waals surface area contributed by atoms with Gasteiger partial charge in [-0.3, -0.25) is 0 Å². The maximum atomic E-state index is 3.56. The predicted molar refractivity (Wildman–Crippen MR) is 86.4 cm³/mol. The van der Waals surface area contributed by atoms with E-state index in [4.69, 9.17) is 0 Å². The summed E-state index contributed by atoms with van der Waals surface area (Å²) in [6, 6.07) is 9.42. The molecule has 1 aromatic rings. The molecule has 0 aliphatic heterocycles. The lowest BCUT2D eigenvalue weighted by Gasteiger charge is -2.33. The van der Waals surface area contributed by atoms with Gasteiger partial charge in [-0.1, -0.05) is 54.2 Å². The Balaban J connectivity index is 1.91. The second-order valence-corrected chi connectivity index (χ2v) is 6.83. The smallest absolute Gasteiger partial charge is 0.0175 e. The van der Waals surface area contributed by atoms with Crippen molar-refractivity contribution in [3.8, 4) is 0 Å². The quantitative estimate of drug-likeness (QED) is 0.821. The maximum absolute atomic E-state index is 3.56. The van der Waals surface area contributed by atoms with Gasteiger partial charge in [-0.15, -0.1) is 0 Å². The minimum Gasteiger partial charge on any atom is -0.316 e. The molecule has 0 amide bonds. The van der Waals surface area contributed by atoms with E-state index in [1.54, 1.807) is 0 Å². The van der Waals surface area contributed by atoms with Crippen LogP contribution in [0.5, 0.6) is 0 Å². The van der Waals surface area contributed by atoms with Crippen LogP contribution in [-0.4, -0.2) is 13.1 Å². The van der Waals surface area contributed by atoms with Crippen molar-refractivity contribution < 1.29 is 0 Å². The van der Waals surface area contributed by atoms with Gasteiger partial charge in [-0.2, -0.15) is 0 Å². The van der Waals surface area contributed by atoms with Gasteiger partial charge >= 0.3 is 0 Å². The Morgan fingerprint density at radius 2 is 1.79 bits per heavy atom. The Bertz CT molecular complexity index is 365. The first-order valence-electron chi connectivity index (χ1n) is 7.64. The molecule has 0 radical (unpaired) electrons. The van der Waals surface area contributed by atoms with E-state index in [0.717, 1.165) is 18.3 Å². The first kappa shape index (κ1) is 15.1. The Hall–Kier alpha value is -0.340. The monoisotopic (exact) mass is 323 g/mol. The lowest BCUT2D eigenvalue weighted by Crippen LogP contribution is -2.37. The molecule has 1 nitrogen and oxygen atoms in total. The highest BCUT2D eigenvalue weighted by Crippen LogP contribution is 2.33. The summed E-state index contributed by atoms with van der Waals surface area (Å²) in [5, 5.41) is 3.56. The number of nitrogens with one attached hydrogen (secondary N) is 1. The fourth-order valence-electron chi connectivity index (χ4n) is 3.38. The Kier molecular flexibility index (Phi) is 5.90. The van der Waals surface area contributed by atoms with Crippen LogP contribution in [0, 0.1) is 11.8 Å². The largest absolute Gasteiger partial charge is 0.316 e. The summed E-state index contributed by atoms with van der Waals surface area (Å²) >= 11 is 3.50. The highest BCUT2D eigenvalue weighted by Gasteiger charge is 2.26. The third kappa shape index (κ3) is 4.32. The number of hydrogen-bond acceptors (Lipinski definition) is 1. The van der Waals surface area contributed by atoms with Crippen LogP contribution in [0.3, 0.4) is 0 Å². The third-order valence-corrected chi connectivity index (χ3v) is 5.31. The van der Waals surface area contributed by atoms with Crippen molar-refractivity contribution in [2.75, 3.05) is 7.05 Å². The van der Waals surface area contributed by atoms with Crippen LogP contribution < -0.4 is 5.32 Å².